The van der Waals surface area contributed by atoms with Gasteiger partial charge in [0, 0.05) is 18.0 Å². The van der Waals surface area contributed by atoms with Crippen molar-refractivity contribution in [3.8, 4) is 0 Å². The number of furan rings is 1. The van der Waals surface area contributed by atoms with Crippen molar-refractivity contribution in [3.05, 3.63) is 53.5 Å². The van der Waals surface area contributed by atoms with E-state index in [1.165, 1.54) is 6.42 Å². The number of rotatable bonds is 4. The van der Waals surface area contributed by atoms with Crippen molar-refractivity contribution >= 4 is 23.5 Å². The van der Waals surface area contributed by atoms with Gasteiger partial charge in [-0.3, -0.25) is 4.79 Å². The lowest BCUT2D eigenvalue weighted by Crippen LogP contribution is -2.29. The zero-order chi connectivity index (χ0) is 16.7. The summed E-state index contributed by atoms with van der Waals surface area (Å²) >= 11 is 0. The van der Waals surface area contributed by atoms with E-state index in [2.05, 4.69) is 17.1 Å². The Morgan fingerprint density at radius 3 is 2.83 bits per heavy atom. The molecule has 1 aliphatic carbocycles. The number of fused-ring (bicyclic) bond motifs is 1. The summed E-state index contributed by atoms with van der Waals surface area (Å²) < 4.78 is 5.77. The Balaban J connectivity index is 1.57. The average Bonchev–Trinajstić information content (AvgIpc) is 3.04. The van der Waals surface area contributed by atoms with Crippen molar-refractivity contribution in [3.63, 3.8) is 0 Å². The van der Waals surface area contributed by atoms with E-state index in [9.17, 15) is 4.79 Å². The van der Waals surface area contributed by atoms with Crippen LogP contribution in [0.5, 0.6) is 0 Å². The van der Waals surface area contributed by atoms with Gasteiger partial charge in [-0.15, -0.1) is 5.10 Å². The maximum absolute atomic E-state index is 12.5. The molecule has 0 saturated heterocycles. The third kappa shape index (κ3) is 2.46. The van der Waals surface area contributed by atoms with Gasteiger partial charge in [-0.05, 0) is 37.5 Å². The van der Waals surface area contributed by atoms with Gasteiger partial charge in [0.25, 0.3) is 5.91 Å². The number of likely N-dealkylation sites (N-methyl/N-ethyl adjacent to an activating group) is 1. The van der Waals surface area contributed by atoms with Crippen LogP contribution < -0.4 is 4.90 Å². The molecule has 0 spiro atoms. The Kier molecular flexibility index (Phi) is 3.56. The highest BCUT2D eigenvalue weighted by Crippen LogP contribution is 2.47. The van der Waals surface area contributed by atoms with Crippen molar-refractivity contribution in [2.45, 2.75) is 26.2 Å². The van der Waals surface area contributed by atoms with E-state index in [1.807, 2.05) is 43.3 Å². The quantitative estimate of drug-likeness (QED) is 0.638. The second-order valence-electron chi connectivity index (χ2n) is 6.32. The lowest BCUT2D eigenvalue weighted by molar-refractivity contribution is -0.112. The molecule has 2 aromatic rings. The van der Waals surface area contributed by atoms with E-state index < -0.39 is 0 Å². The molecule has 1 amide bonds. The first-order valence-electron chi connectivity index (χ1n) is 8.31. The Bertz CT molecular complexity index is 850. The molecule has 2 atom stereocenters. The molecule has 122 valence electrons. The first-order valence-corrected chi connectivity index (χ1v) is 8.31. The molecule has 2 aliphatic rings. The first-order chi connectivity index (χ1) is 11.7. The fourth-order valence-corrected chi connectivity index (χ4v) is 3.17. The minimum absolute atomic E-state index is 0.109. The Morgan fingerprint density at radius 1 is 1.29 bits per heavy atom. The minimum atomic E-state index is -0.109. The van der Waals surface area contributed by atoms with Crippen molar-refractivity contribution in [1.29, 1.82) is 0 Å². The Morgan fingerprint density at radius 2 is 2.08 bits per heavy atom. The highest BCUT2D eigenvalue weighted by atomic mass is 16.3. The number of amides is 1. The third-order valence-corrected chi connectivity index (χ3v) is 4.68. The molecule has 0 bridgehead atoms. The zero-order valence-corrected chi connectivity index (χ0v) is 13.8. The molecule has 4 rings (SSSR count). The first kappa shape index (κ1) is 14.9. The van der Waals surface area contributed by atoms with Gasteiger partial charge in [0.15, 0.2) is 5.71 Å². The summed E-state index contributed by atoms with van der Waals surface area (Å²) in [5, 5.41) is 8.23. The average molecular weight is 321 g/mol. The van der Waals surface area contributed by atoms with E-state index in [-0.39, 0.29) is 5.91 Å². The van der Waals surface area contributed by atoms with Crippen LogP contribution >= 0.6 is 0 Å². The van der Waals surface area contributed by atoms with Crippen LogP contribution in [0.2, 0.25) is 0 Å². The Hall–Kier alpha value is -2.69. The molecular weight excluding hydrogens is 302 g/mol. The molecule has 5 heteroatoms. The van der Waals surface area contributed by atoms with Gasteiger partial charge in [-0.2, -0.15) is 5.10 Å². The topological polar surface area (TPSA) is 58.2 Å². The number of benzene rings is 1. The van der Waals surface area contributed by atoms with Gasteiger partial charge in [0.05, 0.1) is 11.9 Å². The molecule has 0 radical (unpaired) electrons. The Labute approximate surface area is 140 Å². The standard InChI is InChI=1S/C19H19N3O2/c1-3-22-16-7-5-4-6-14(16)18(19(22)23)21-20-11-13-8-9-17(24-13)15-10-12(15)2/h4-9,11-12,15H,3,10H2,1-2H3/b20-11-,21-18-/t12-,15-/m1/s1. The van der Waals surface area contributed by atoms with Crippen molar-refractivity contribution < 1.29 is 9.21 Å². The monoisotopic (exact) mass is 321 g/mol. The molecule has 2 heterocycles. The summed E-state index contributed by atoms with van der Waals surface area (Å²) in [4.78, 5) is 14.2. The minimum Gasteiger partial charge on any atom is -0.460 e. The smallest absolute Gasteiger partial charge is 0.279 e. The summed E-state index contributed by atoms with van der Waals surface area (Å²) in [6.45, 7) is 4.78. The number of hydrogen-bond donors (Lipinski definition) is 0. The second kappa shape index (κ2) is 5.74. The van der Waals surface area contributed by atoms with Gasteiger partial charge in [-0.1, -0.05) is 25.1 Å². The predicted octanol–water partition coefficient (Wildman–Crippen LogP) is 3.59. The maximum atomic E-state index is 12.5. The fraction of sp³-hybridized carbons (Fsp3) is 0.316. The summed E-state index contributed by atoms with van der Waals surface area (Å²) in [5.41, 5.74) is 2.10. The van der Waals surface area contributed by atoms with E-state index in [0.717, 1.165) is 17.0 Å². The maximum Gasteiger partial charge on any atom is 0.279 e. The lowest BCUT2D eigenvalue weighted by atomic mass is 10.1. The summed E-state index contributed by atoms with van der Waals surface area (Å²) in [6.07, 6.45) is 2.75. The fourth-order valence-electron chi connectivity index (χ4n) is 3.17. The number of anilines is 1. The van der Waals surface area contributed by atoms with Gasteiger partial charge in [0.2, 0.25) is 0 Å². The molecule has 1 saturated carbocycles. The summed E-state index contributed by atoms with van der Waals surface area (Å²) in [5.74, 6) is 2.81. The number of carbonyl (C=O) groups excluding carboxylic acids is 1. The molecule has 1 fully saturated rings. The van der Waals surface area contributed by atoms with E-state index >= 15 is 0 Å². The van der Waals surface area contributed by atoms with Gasteiger partial charge in [-0.25, -0.2) is 0 Å². The van der Waals surface area contributed by atoms with Crippen LogP contribution in [0.3, 0.4) is 0 Å². The van der Waals surface area contributed by atoms with Crippen LogP contribution in [0.4, 0.5) is 5.69 Å². The lowest BCUT2D eigenvalue weighted by Gasteiger charge is -2.12. The van der Waals surface area contributed by atoms with E-state index in [0.29, 0.717) is 29.9 Å². The van der Waals surface area contributed by atoms with Gasteiger partial charge in [0.1, 0.15) is 11.5 Å². The molecular formula is C19H19N3O2. The zero-order valence-electron chi connectivity index (χ0n) is 13.8. The number of para-hydroxylation sites is 1. The van der Waals surface area contributed by atoms with Crippen molar-refractivity contribution in [2.24, 2.45) is 16.1 Å². The molecule has 24 heavy (non-hydrogen) atoms. The second-order valence-corrected chi connectivity index (χ2v) is 6.32. The molecule has 5 nitrogen and oxygen atoms in total. The number of hydrogen-bond acceptors (Lipinski definition) is 4. The number of carbonyl (C=O) groups is 1. The highest BCUT2D eigenvalue weighted by molar-refractivity contribution is 6.54. The molecule has 0 N–H and O–H groups in total. The van der Waals surface area contributed by atoms with Gasteiger partial charge < -0.3 is 9.32 Å². The largest absolute Gasteiger partial charge is 0.460 e. The van der Waals surface area contributed by atoms with Crippen molar-refractivity contribution in [2.75, 3.05) is 11.4 Å². The van der Waals surface area contributed by atoms with Crippen LogP contribution in [0, 0.1) is 5.92 Å². The normalized spacial score (nSPS) is 24.2. The van der Waals surface area contributed by atoms with Crippen LogP contribution in [0.1, 0.15) is 43.3 Å². The summed E-state index contributed by atoms with van der Waals surface area (Å²) in [6, 6.07) is 11.5. The van der Waals surface area contributed by atoms with Gasteiger partial charge >= 0.3 is 0 Å². The molecule has 1 aliphatic heterocycles. The molecule has 1 aromatic heterocycles. The predicted molar refractivity (Wildman–Crippen MR) is 93.8 cm³/mol. The van der Waals surface area contributed by atoms with Crippen molar-refractivity contribution in [1.82, 2.24) is 0 Å². The molecule has 0 unspecified atom stereocenters. The summed E-state index contributed by atoms with van der Waals surface area (Å²) in [7, 11) is 0. The van der Waals surface area contributed by atoms with Crippen LogP contribution in [0.15, 0.2) is 51.0 Å². The SMILES string of the molecule is CCN1C(=O)/C(=N\N=C/c2ccc([C@@H]3C[C@H]3C)o2)c2ccccc21. The third-order valence-electron chi connectivity index (χ3n) is 4.68. The highest BCUT2D eigenvalue weighted by Gasteiger charge is 2.36. The van der Waals surface area contributed by atoms with Crippen LogP contribution in [0.25, 0.3) is 0 Å². The molecule has 1 aromatic carbocycles. The van der Waals surface area contributed by atoms with E-state index in [1.54, 1.807) is 11.1 Å². The number of nitrogens with zero attached hydrogens (tertiary/aromatic N) is 3. The van der Waals surface area contributed by atoms with E-state index in [4.69, 9.17) is 4.42 Å². The van der Waals surface area contributed by atoms with Crippen LogP contribution in [-0.2, 0) is 4.79 Å². The van der Waals surface area contributed by atoms with Crippen LogP contribution in [-0.4, -0.2) is 24.4 Å².